The third-order valence-corrected chi connectivity index (χ3v) is 2.63. The van der Waals surface area contributed by atoms with Gasteiger partial charge in [-0.15, -0.1) is 0 Å². The molecule has 5 nitrogen and oxygen atoms in total. The maximum absolute atomic E-state index is 10.7. The van der Waals surface area contributed by atoms with Gasteiger partial charge in [-0.1, -0.05) is 0 Å². The van der Waals surface area contributed by atoms with Gasteiger partial charge in [0.05, 0.1) is 11.3 Å². The molecule has 0 heterocycles. The van der Waals surface area contributed by atoms with Gasteiger partial charge in [0.1, 0.15) is 17.6 Å². The molecule has 0 aliphatic heterocycles. The van der Waals surface area contributed by atoms with Crippen LogP contribution in [0.2, 0.25) is 0 Å². The van der Waals surface area contributed by atoms with Gasteiger partial charge < -0.3 is 10.2 Å². The standard InChI is InChI=1S/C8H6ClNO4S/c9-15(13,14)4-6-1-5(3-10)7(11)2-8(6)12/h1-2,11-12H,4H2. The summed E-state index contributed by atoms with van der Waals surface area (Å²) in [6, 6.07) is 3.62. The third-order valence-electron chi connectivity index (χ3n) is 1.65. The van der Waals surface area contributed by atoms with E-state index >= 15 is 0 Å². The molecular weight excluding hydrogens is 242 g/mol. The van der Waals surface area contributed by atoms with Crippen molar-refractivity contribution in [2.24, 2.45) is 0 Å². The molecular formula is C8H6ClNO4S. The molecule has 0 amide bonds. The van der Waals surface area contributed by atoms with Crippen LogP contribution in [0, 0.1) is 11.3 Å². The Hall–Kier alpha value is -1.45. The molecule has 0 radical (unpaired) electrons. The molecule has 0 bridgehead atoms. The average molecular weight is 248 g/mol. The minimum atomic E-state index is -3.82. The highest BCUT2D eigenvalue weighted by molar-refractivity contribution is 8.13. The molecule has 15 heavy (non-hydrogen) atoms. The number of hydrogen-bond donors (Lipinski definition) is 2. The molecule has 0 aromatic heterocycles. The minimum absolute atomic E-state index is 0.0284. The maximum atomic E-state index is 10.7. The average Bonchev–Trinajstić information content (AvgIpc) is 2.07. The van der Waals surface area contributed by atoms with E-state index < -0.39 is 26.3 Å². The second-order valence-electron chi connectivity index (χ2n) is 2.79. The van der Waals surface area contributed by atoms with Gasteiger partial charge in [-0.25, -0.2) is 8.42 Å². The molecule has 0 aliphatic rings. The topological polar surface area (TPSA) is 98.4 Å². The van der Waals surface area contributed by atoms with Gasteiger partial charge in [-0.05, 0) is 6.07 Å². The highest BCUT2D eigenvalue weighted by atomic mass is 35.7. The van der Waals surface area contributed by atoms with Crippen LogP contribution in [0.1, 0.15) is 11.1 Å². The number of benzene rings is 1. The number of phenolic OH excluding ortho intramolecular Hbond substituents is 2. The SMILES string of the molecule is N#Cc1cc(CS(=O)(=O)Cl)c(O)cc1O. The largest absolute Gasteiger partial charge is 0.507 e. The van der Waals surface area contributed by atoms with Crippen molar-refractivity contribution in [1.82, 2.24) is 0 Å². The number of hydrogen-bond acceptors (Lipinski definition) is 5. The van der Waals surface area contributed by atoms with E-state index in [1.807, 2.05) is 0 Å². The lowest BCUT2D eigenvalue weighted by Crippen LogP contribution is -1.96. The summed E-state index contributed by atoms with van der Waals surface area (Å²) in [5.74, 6) is -1.43. The van der Waals surface area contributed by atoms with Gasteiger partial charge in [0.15, 0.2) is 0 Å². The van der Waals surface area contributed by atoms with E-state index in [0.29, 0.717) is 0 Å². The smallest absolute Gasteiger partial charge is 0.236 e. The van der Waals surface area contributed by atoms with E-state index in [1.165, 1.54) is 0 Å². The molecule has 0 spiro atoms. The van der Waals surface area contributed by atoms with Crippen LogP contribution in [0.25, 0.3) is 0 Å². The van der Waals surface area contributed by atoms with Crippen LogP contribution in [0.5, 0.6) is 11.5 Å². The summed E-state index contributed by atoms with van der Waals surface area (Å²) in [4.78, 5) is 0. The molecule has 0 unspecified atom stereocenters. The van der Waals surface area contributed by atoms with Crippen molar-refractivity contribution in [2.45, 2.75) is 5.75 Å². The van der Waals surface area contributed by atoms with E-state index in [0.717, 1.165) is 12.1 Å². The van der Waals surface area contributed by atoms with Crippen LogP contribution in [0.4, 0.5) is 0 Å². The highest BCUT2D eigenvalue weighted by Crippen LogP contribution is 2.28. The molecule has 1 aromatic carbocycles. The fourth-order valence-corrected chi connectivity index (χ4v) is 1.97. The first-order valence-electron chi connectivity index (χ1n) is 3.71. The second-order valence-corrected chi connectivity index (χ2v) is 5.57. The fraction of sp³-hybridized carbons (Fsp3) is 0.125. The number of nitrogens with zero attached hydrogens (tertiary/aromatic N) is 1. The van der Waals surface area contributed by atoms with Crippen molar-refractivity contribution in [3.8, 4) is 17.6 Å². The molecule has 0 saturated heterocycles. The predicted molar refractivity (Wildman–Crippen MR) is 53.0 cm³/mol. The van der Waals surface area contributed by atoms with Crippen LogP contribution < -0.4 is 0 Å². The zero-order chi connectivity index (χ0) is 11.6. The van der Waals surface area contributed by atoms with Gasteiger partial charge in [-0.2, -0.15) is 5.26 Å². The summed E-state index contributed by atoms with van der Waals surface area (Å²) in [7, 11) is 1.17. The first kappa shape index (κ1) is 11.6. The number of phenols is 2. The minimum Gasteiger partial charge on any atom is -0.507 e. The van der Waals surface area contributed by atoms with Crippen molar-refractivity contribution >= 4 is 19.7 Å². The highest BCUT2D eigenvalue weighted by Gasteiger charge is 2.14. The number of aromatic hydroxyl groups is 2. The van der Waals surface area contributed by atoms with Crippen molar-refractivity contribution in [3.63, 3.8) is 0 Å². The molecule has 7 heteroatoms. The summed E-state index contributed by atoms with van der Waals surface area (Å²) >= 11 is 0. The summed E-state index contributed by atoms with van der Waals surface area (Å²) in [5.41, 5.74) is -0.150. The Morgan fingerprint density at radius 3 is 2.40 bits per heavy atom. The van der Waals surface area contributed by atoms with Gasteiger partial charge in [0, 0.05) is 22.3 Å². The van der Waals surface area contributed by atoms with Crippen LogP contribution in [-0.2, 0) is 14.8 Å². The lowest BCUT2D eigenvalue weighted by molar-refractivity contribution is 0.446. The summed E-state index contributed by atoms with van der Waals surface area (Å²) in [6.07, 6.45) is 0. The Morgan fingerprint density at radius 1 is 1.33 bits per heavy atom. The Kier molecular flexibility index (Phi) is 3.07. The van der Waals surface area contributed by atoms with Gasteiger partial charge >= 0.3 is 0 Å². The van der Waals surface area contributed by atoms with Crippen molar-refractivity contribution in [1.29, 1.82) is 5.26 Å². The lowest BCUT2D eigenvalue weighted by atomic mass is 10.1. The number of halogens is 1. The zero-order valence-electron chi connectivity index (χ0n) is 7.31. The molecule has 0 fully saturated rings. The molecule has 80 valence electrons. The van der Waals surface area contributed by atoms with E-state index in [9.17, 15) is 13.5 Å². The Morgan fingerprint density at radius 2 is 1.93 bits per heavy atom. The van der Waals surface area contributed by atoms with Gasteiger partial charge in [0.25, 0.3) is 0 Å². The Balaban J connectivity index is 3.27. The van der Waals surface area contributed by atoms with Crippen molar-refractivity contribution < 1.29 is 18.6 Å². The summed E-state index contributed by atoms with van der Waals surface area (Å²) in [5, 5.41) is 27.0. The van der Waals surface area contributed by atoms with Crippen molar-refractivity contribution in [2.75, 3.05) is 0 Å². The Bertz CT molecular complexity index is 532. The molecule has 0 aliphatic carbocycles. The summed E-state index contributed by atoms with van der Waals surface area (Å²) < 4.78 is 21.5. The second kappa shape index (κ2) is 3.96. The fourth-order valence-electron chi connectivity index (χ4n) is 1.01. The third kappa shape index (κ3) is 3.01. The molecule has 2 N–H and O–H groups in total. The van der Waals surface area contributed by atoms with E-state index in [4.69, 9.17) is 21.1 Å². The number of rotatable bonds is 2. The van der Waals surface area contributed by atoms with E-state index in [-0.39, 0.29) is 11.1 Å². The quantitative estimate of drug-likeness (QED) is 0.761. The maximum Gasteiger partial charge on any atom is 0.236 e. The van der Waals surface area contributed by atoms with Crippen molar-refractivity contribution in [3.05, 3.63) is 23.3 Å². The zero-order valence-corrected chi connectivity index (χ0v) is 8.88. The molecule has 0 saturated carbocycles. The molecule has 1 aromatic rings. The Labute approximate surface area is 90.6 Å². The van der Waals surface area contributed by atoms with Crippen LogP contribution in [0.15, 0.2) is 12.1 Å². The van der Waals surface area contributed by atoms with Crippen LogP contribution in [-0.4, -0.2) is 18.6 Å². The van der Waals surface area contributed by atoms with Crippen LogP contribution >= 0.6 is 10.7 Å². The normalized spacial score (nSPS) is 10.9. The number of nitriles is 1. The van der Waals surface area contributed by atoms with Gasteiger partial charge in [0.2, 0.25) is 9.05 Å². The predicted octanol–water partition coefficient (Wildman–Crippen LogP) is 1.04. The first-order valence-corrected chi connectivity index (χ1v) is 6.18. The van der Waals surface area contributed by atoms with Gasteiger partial charge in [-0.3, -0.25) is 0 Å². The molecule has 0 atom stereocenters. The molecule has 1 rings (SSSR count). The monoisotopic (exact) mass is 247 g/mol. The van der Waals surface area contributed by atoms with Crippen LogP contribution in [0.3, 0.4) is 0 Å². The lowest BCUT2D eigenvalue weighted by Gasteiger charge is -2.04. The van der Waals surface area contributed by atoms with E-state index in [2.05, 4.69) is 0 Å². The first-order chi connectivity index (χ1) is 6.83. The summed E-state index contributed by atoms with van der Waals surface area (Å²) in [6.45, 7) is 0. The van der Waals surface area contributed by atoms with E-state index in [1.54, 1.807) is 6.07 Å².